The molecular formula is C11H14BrNO2. The maximum absolute atomic E-state index is 11.6. The highest BCUT2D eigenvalue weighted by atomic mass is 79.9. The number of nitrogens with one attached hydrogen (secondary N) is 1. The van der Waals surface area contributed by atoms with E-state index in [9.17, 15) is 4.79 Å². The third-order valence-corrected chi connectivity index (χ3v) is 2.46. The molecule has 1 rings (SSSR count). The van der Waals surface area contributed by atoms with Crippen LogP contribution in [0.15, 0.2) is 28.7 Å². The number of hydrogen-bond acceptors (Lipinski definition) is 3. The smallest absolute Gasteiger partial charge is 0.176 e. The lowest BCUT2D eigenvalue weighted by molar-refractivity contribution is 0.0987. The molecule has 0 atom stereocenters. The molecule has 0 radical (unpaired) electrons. The largest absolute Gasteiger partial charge is 0.383 e. The Morgan fingerprint density at radius 1 is 1.40 bits per heavy atom. The summed E-state index contributed by atoms with van der Waals surface area (Å²) >= 11 is 3.32. The quantitative estimate of drug-likeness (QED) is 0.634. The maximum Gasteiger partial charge on any atom is 0.176 e. The molecular weight excluding hydrogens is 258 g/mol. The van der Waals surface area contributed by atoms with Crippen molar-refractivity contribution in [2.24, 2.45) is 0 Å². The van der Waals surface area contributed by atoms with Gasteiger partial charge in [0.15, 0.2) is 5.78 Å². The number of halogens is 1. The van der Waals surface area contributed by atoms with E-state index >= 15 is 0 Å². The minimum absolute atomic E-state index is 0.0959. The summed E-state index contributed by atoms with van der Waals surface area (Å²) < 4.78 is 5.84. The molecule has 0 aliphatic heterocycles. The molecule has 0 heterocycles. The predicted octanol–water partition coefficient (Wildman–Crippen LogP) is 1.87. The van der Waals surface area contributed by atoms with Gasteiger partial charge in [0.05, 0.1) is 13.2 Å². The third kappa shape index (κ3) is 4.55. The fourth-order valence-corrected chi connectivity index (χ4v) is 1.38. The van der Waals surface area contributed by atoms with Crippen LogP contribution in [0.3, 0.4) is 0 Å². The first-order chi connectivity index (χ1) is 7.24. The number of carbonyl (C=O) groups is 1. The Balaban J connectivity index is 2.37. The van der Waals surface area contributed by atoms with E-state index in [0.29, 0.717) is 19.7 Å². The molecule has 0 aromatic heterocycles. The van der Waals surface area contributed by atoms with Gasteiger partial charge < -0.3 is 10.1 Å². The van der Waals surface area contributed by atoms with Gasteiger partial charge in [0.2, 0.25) is 0 Å². The maximum atomic E-state index is 11.6. The summed E-state index contributed by atoms with van der Waals surface area (Å²) in [5.41, 5.74) is 0.725. The van der Waals surface area contributed by atoms with Gasteiger partial charge in [0.25, 0.3) is 0 Å². The summed E-state index contributed by atoms with van der Waals surface area (Å²) in [5.74, 6) is 0.0959. The number of benzene rings is 1. The predicted molar refractivity (Wildman–Crippen MR) is 63.2 cm³/mol. The Kier molecular flexibility index (Phi) is 5.53. The standard InChI is InChI=1S/C11H14BrNO2/c1-15-7-6-13-8-11(14)9-2-4-10(12)5-3-9/h2-5,13H,6-8H2,1H3. The van der Waals surface area contributed by atoms with Gasteiger partial charge in [-0.3, -0.25) is 4.79 Å². The van der Waals surface area contributed by atoms with Crippen molar-refractivity contribution in [3.63, 3.8) is 0 Å². The van der Waals surface area contributed by atoms with Gasteiger partial charge in [0.1, 0.15) is 0 Å². The van der Waals surface area contributed by atoms with E-state index in [1.54, 1.807) is 7.11 Å². The van der Waals surface area contributed by atoms with Crippen molar-refractivity contribution >= 4 is 21.7 Å². The molecule has 1 N–H and O–H groups in total. The zero-order valence-electron chi connectivity index (χ0n) is 8.63. The fourth-order valence-electron chi connectivity index (χ4n) is 1.11. The lowest BCUT2D eigenvalue weighted by atomic mass is 10.1. The highest BCUT2D eigenvalue weighted by Crippen LogP contribution is 2.10. The highest BCUT2D eigenvalue weighted by Gasteiger charge is 2.03. The van der Waals surface area contributed by atoms with Gasteiger partial charge in [-0.15, -0.1) is 0 Å². The zero-order valence-corrected chi connectivity index (χ0v) is 10.2. The topological polar surface area (TPSA) is 38.3 Å². The van der Waals surface area contributed by atoms with Crippen molar-refractivity contribution in [3.8, 4) is 0 Å². The molecule has 0 aliphatic carbocycles. The molecule has 0 unspecified atom stereocenters. The Bertz CT molecular complexity index is 311. The number of ketones is 1. The molecule has 1 aromatic carbocycles. The van der Waals surface area contributed by atoms with Gasteiger partial charge in [-0.25, -0.2) is 0 Å². The van der Waals surface area contributed by atoms with Gasteiger partial charge >= 0.3 is 0 Å². The number of rotatable bonds is 6. The molecule has 0 fully saturated rings. The van der Waals surface area contributed by atoms with E-state index < -0.39 is 0 Å². The number of carbonyl (C=O) groups excluding carboxylic acids is 1. The van der Waals surface area contributed by atoms with Crippen LogP contribution >= 0.6 is 15.9 Å². The van der Waals surface area contributed by atoms with Crippen molar-refractivity contribution in [2.45, 2.75) is 0 Å². The zero-order chi connectivity index (χ0) is 11.1. The van der Waals surface area contributed by atoms with Gasteiger partial charge in [-0.1, -0.05) is 28.1 Å². The van der Waals surface area contributed by atoms with Crippen molar-refractivity contribution < 1.29 is 9.53 Å². The van der Waals surface area contributed by atoms with Gasteiger partial charge in [0, 0.05) is 23.7 Å². The van der Waals surface area contributed by atoms with E-state index in [4.69, 9.17) is 4.74 Å². The first kappa shape index (κ1) is 12.4. The van der Waals surface area contributed by atoms with Gasteiger partial charge in [-0.05, 0) is 12.1 Å². The normalized spacial score (nSPS) is 10.3. The van der Waals surface area contributed by atoms with E-state index in [0.717, 1.165) is 10.0 Å². The number of ether oxygens (including phenoxy) is 1. The Morgan fingerprint density at radius 3 is 2.67 bits per heavy atom. The van der Waals surface area contributed by atoms with E-state index in [1.807, 2.05) is 24.3 Å². The van der Waals surface area contributed by atoms with Crippen LogP contribution in [0.2, 0.25) is 0 Å². The van der Waals surface area contributed by atoms with Crippen LogP contribution < -0.4 is 5.32 Å². The van der Waals surface area contributed by atoms with E-state index in [1.165, 1.54) is 0 Å². The van der Waals surface area contributed by atoms with Crippen molar-refractivity contribution in [1.82, 2.24) is 5.32 Å². The second-order valence-electron chi connectivity index (χ2n) is 3.10. The minimum Gasteiger partial charge on any atom is -0.383 e. The third-order valence-electron chi connectivity index (χ3n) is 1.93. The highest BCUT2D eigenvalue weighted by molar-refractivity contribution is 9.10. The first-order valence-electron chi connectivity index (χ1n) is 4.72. The summed E-state index contributed by atoms with van der Waals surface area (Å²) in [6.07, 6.45) is 0. The Labute approximate surface area is 97.9 Å². The molecule has 0 bridgehead atoms. The molecule has 1 aromatic rings. The summed E-state index contributed by atoms with van der Waals surface area (Å²) in [4.78, 5) is 11.6. The monoisotopic (exact) mass is 271 g/mol. The van der Waals surface area contributed by atoms with Crippen molar-refractivity contribution in [3.05, 3.63) is 34.3 Å². The molecule has 3 nitrogen and oxygen atoms in total. The van der Waals surface area contributed by atoms with Crippen LogP contribution in [-0.4, -0.2) is 32.6 Å². The number of Topliss-reactive ketones (excluding diaryl/α,β-unsaturated/α-hetero) is 1. The molecule has 82 valence electrons. The lowest BCUT2D eigenvalue weighted by Crippen LogP contribution is -2.26. The molecule has 0 amide bonds. The average molecular weight is 272 g/mol. The summed E-state index contributed by atoms with van der Waals surface area (Å²) in [7, 11) is 1.64. The van der Waals surface area contributed by atoms with E-state index in [2.05, 4.69) is 21.2 Å². The molecule has 0 saturated heterocycles. The number of hydrogen-bond donors (Lipinski definition) is 1. The van der Waals surface area contributed by atoms with Crippen LogP contribution in [0.25, 0.3) is 0 Å². The summed E-state index contributed by atoms with van der Waals surface area (Å²) in [5, 5.41) is 3.01. The van der Waals surface area contributed by atoms with Crippen LogP contribution in [-0.2, 0) is 4.74 Å². The summed E-state index contributed by atoms with van der Waals surface area (Å²) in [6.45, 7) is 1.66. The number of methoxy groups -OCH3 is 1. The van der Waals surface area contributed by atoms with Crippen LogP contribution in [0.5, 0.6) is 0 Å². The fraction of sp³-hybridized carbons (Fsp3) is 0.364. The molecule has 0 aliphatic rings. The molecule has 0 saturated carbocycles. The summed E-state index contributed by atoms with van der Waals surface area (Å²) in [6, 6.07) is 7.35. The Morgan fingerprint density at radius 2 is 2.07 bits per heavy atom. The van der Waals surface area contributed by atoms with E-state index in [-0.39, 0.29) is 5.78 Å². The van der Waals surface area contributed by atoms with Crippen molar-refractivity contribution in [1.29, 1.82) is 0 Å². The Hall–Kier alpha value is -0.710. The minimum atomic E-state index is 0.0959. The molecule has 4 heteroatoms. The average Bonchev–Trinajstić information content (AvgIpc) is 2.25. The SMILES string of the molecule is COCCNCC(=O)c1ccc(Br)cc1. The van der Waals surface area contributed by atoms with Crippen LogP contribution in [0.4, 0.5) is 0 Å². The second-order valence-corrected chi connectivity index (χ2v) is 4.02. The van der Waals surface area contributed by atoms with Crippen LogP contribution in [0.1, 0.15) is 10.4 Å². The molecule has 0 spiro atoms. The van der Waals surface area contributed by atoms with Crippen molar-refractivity contribution in [2.75, 3.05) is 26.8 Å². The lowest BCUT2D eigenvalue weighted by Gasteiger charge is -2.03. The van der Waals surface area contributed by atoms with Gasteiger partial charge in [-0.2, -0.15) is 0 Å². The molecule has 15 heavy (non-hydrogen) atoms. The second kappa shape index (κ2) is 6.71. The first-order valence-corrected chi connectivity index (χ1v) is 5.52. The van der Waals surface area contributed by atoms with Crippen LogP contribution in [0, 0.1) is 0 Å².